The van der Waals surface area contributed by atoms with Crippen LogP contribution >= 0.6 is 0 Å². The van der Waals surface area contributed by atoms with Crippen LogP contribution in [-0.2, 0) is 0 Å². The zero-order valence-corrected chi connectivity index (χ0v) is 7.22. The Labute approximate surface area is 67.8 Å². The van der Waals surface area contributed by atoms with Crippen LogP contribution in [0.25, 0.3) is 0 Å². The van der Waals surface area contributed by atoms with Crippen LogP contribution in [-0.4, -0.2) is 10.7 Å². The van der Waals surface area contributed by atoms with Crippen LogP contribution in [0, 0.1) is 16.7 Å². The zero-order chi connectivity index (χ0) is 8.54. The van der Waals surface area contributed by atoms with Crippen molar-refractivity contribution in [3.8, 4) is 6.07 Å². The average molecular weight is 153 g/mol. The fourth-order valence-electron chi connectivity index (χ4n) is 1.85. The molecule has 1 rings (SSSR count). The number of nitriles is 1. The highest BCUT2D eigenvalue weighted by Gasteiger charge is 2.46. The summed E-state index contributed by atoms with van der Waals surface area (Å²) in [5.41, 5.74) is -0.787. The molecule has 1 atom stereocenters. The van der Waals surface area contributed by atoms with E-state index in [4.69, 9.17) is 5.26 Å². The Morgan fingerprint density at radius 2 is 2.09 bits per heavy atom. The van der Waals surface area contributed by atoms with Crippen LogP contribution in [0.1, 0.15) is 39.5 Å². The van der Waals surface area contributed by atoms with E-state index in [1.807, 2.05) is 13.8 Å². The molecule has 2 nitrogen and oxygen atoms in total. The molecule has 1 aliphatic rings. The van der Waals surface area contributed by atoms with E-state index in [9.17, 15) is 5.11 Å². The molecule has 0 aromatic heterocycles. The van der Waals surface area contributed by atoms with Crippen LogP contribution in [0.4, 0.5) is 0 Å². The summed E-state index contributed by atoms with van der Waals surface area (Å²) in [4.78, 5) is 0. The smallest absolute Gasteiger partial charge is 0.0827 e. The normalized spacial score (nSPS) is 35.1. The van der Waals surface area contributed by atoms with Crippen LogP contribution in [0.3, 0.4) is 0 Å². The lowest BCUT2D eigenvalue weighted by Gasteiger charge is -2.34. The monoisotopic (exact) mass is 153 g/mol. The molecule has 11 heavy (non-hydrogen) atoms. The van der Waals surface area contributed by atoms with Crippen LogP contribution < -0.4 is 0 Å². The molecule has 1 unspecified atom stereocenters. The summed E-state index contributed by atoms with van der Waals surface area (Å²) in [6.45, 7) is 4.08. The van der Waals surface area contributed by atoms with Crippen molar-refractivity contribution >= 4 is 0 Å². The van der Waals surface area contributed by atoms with Crippen molar-refractivity contribution in [1.82, 2.24) is 0 Å². The van der Waals surface area contributed by atoms with Crippen LogP contribution in [0.5, 0.6) is 0 Å². The fraction of sp³-hybridized carbons (Fsp3) is 0.889. The molecule has 62 valence electrons. The lowest BCUT2D eigenvalue weighted by atomic mass is 9.76. The van der Waals surface area contributed by atoms with Gasteiger partial charge < -0.3 is 5.11 Å². The maximum absolute atomic E-state index is 10.00. The number of hydrogen-bond donors (Lipinski definition) is 1. The first-order valence-corrected chi connectivity index (χ1v) is 4.11. The summed E-state index contributed by atoms with van der Waals surface area (Å²) < 4.78 is 0. The van der Waals surface area contributed by atoms with E-state index in [1.165, 1.54) is 0 Å². The van der Waals surface area contributed by atoms with Crippen molar-refractivity contribution in [3.05, 3.63) is 0 Å². The summed E-state index contributed by atoms with van der Waals surface area (Å²) in [6, 6.07) is 2.06. The first-order valence-electron chi connectivity index (χ1n) is 4.11. The predicted molar refractivity (Wildman–Crippen MR) is 42.8 cm³/mol. The summed E-state index contributed by atoms with van der Waals surface area (Å²) in [5.74, 6) is 0. The van der Waals surface area contributed by atoms with Gasteiger partial charge in [-0.15, -0.1) is 0 Å². The van der Waals surface area contributed by atoms with Gasteiger partial charge >= 0.3 is 0 Å². The fourth-order valence-corrected chi connectivity index (χ4v) is 1.85. The first-order chi connectivity index (χ1) is 5.02. The van der Waals surface area contributed by atoms with Crippen molar-refractivity contribution in [2.24, 2.45) is 5.41 Å². The largest absolute Gasteiger partial charge is 0.388 e. The standard InChI is InChI=1S/C9H15NO/c1-8(2)4-3-5-9(8,11)6-7-10/h11H,3-6H2,1-2H3. The van der Waals surface area contributed by atoms with Gasteiger partial charge in [0.1, 0.15) is 0 Å². The molecule has 0 aromatic carbocycles. The predicted octanol–water partition coefficient (Wildman–Crippen LogP) is 1.84. The second-order valence-electron chi connectivity index (χ2n) is 4.10. The second-order valence-corrected chi connectivity index (χ2v) is 4.10. The molecule has 0 spiro atoms. The molecule has 2 heteroatoms. The van der Waals surface area contributed by atoms with Crippen molar-refractivity contribution in [2.75, 3.05) is 0 Å². The van der Waals surface area contributed by atoms with Crippen molar-refractivity contribution < 1.29 is 5.11 Å². The van der Waals surface area contributed by atoms with Crippen LogP contribution in [0.2, 0.25) is 0 Å². The third-order valence-corrected chi connectivity index (χ3v) is 3.02. The van der Waals surface area contributed by atoms with Gasteiger partial charge in [-0.1, -0.05) is 13.8 Å². The van der Waals surface area contributed by atoms with Gasteiger partial charge in [0.25, 0.3) is 0 Å². The van der Waals surface area contributed by atoms with E-state index in [0.717, 1.165) is 19.3 Å². The molecule has 0 bridgehead atoms. The number of hydrogen-bond acceptors (Lipinski definition) is 2. The topological polar surface area (TPSA) is 44.0 Å². The van der Waals surface area contributed by atoms with Gasteiger partial charge in [0, 0.05) is 0 Å². The molecule has 1 saturated carbocycles. The zero-order valence-electron chi connectivity index (χ0n) is 7.22. The molecular weight excluding hydrogens is 138 g/mol. The maximum atomic E-state index is 10.00. The minimum Gasteiger partial charge on any atom is -0.388 e. The summed E-state index contributed by atoms with van der Waals surface area (Å²) >= 11 is 0. The quantitative estimate of drug-likeness (QED) is 0.624. The summed E-state index contributed by atoms with van der Waals surface area (Å²) in [7, 11) is 0. The van der Waals surface area contributed by atoms with Gasteiger partial charge in [-0.3, -0.25) is 0 Å². The lowest BCUT2D eigenvalue weighted by Crippen LogP contribution is -2.39. The molecular formula is C9H15NO. The van der Waals surface area contributed by atoms with Crippen molar-refractivity contribution in [2.45, 2.75) is 45.1 Å². The van der Waals surface area contributed by atoms with Crippen molar-refractivity contribution in [3.63, 3.8) is 0 Å². The van der Waals surface area contributed by atoms with E-state index in [0.29, 0.717) is 0 Å². The molecule has 0 aromatic rings. The molecule has 0 amide bonds. The Kier molecular flexibility index (Phi) is 1.94. The maximum Gasteiger partial charge on any atom is 0.0827 e. The summed E-state index contributed by atoms with van der Waals surface area (Å²) in [6.07, 6.45) is 3.14. The molecule has 0 aliphatic heterocycles. The summed E-state index contributed by atoms with van der Waals surface area (Å²) in [5, 5.41) is 18.5. The molecule has 1 aliphatic carbocycles. The Morgan fingerprint density at radius 3 is 2.45 bits per heavy atom. The van der Waals surface area contributed by atoms with E-state index >= 15 is 0 Å². The number of rotatable bonds is 1. The lowest BCUT2D eigenvalue weighted by molar-refractivity contribution is -0.0381. The van der Waals surface area contributed by atoms with Gasteiger partial charge in [-0.05, 0) is 24.7 Å². The van der Waals surface area contributed by atoms with E-state index in [1.54, 1.807) is 0 Å². The Balaban J connectivity index is 2.77. The van der Waals surface area contributed by atoms with Gasteiger partial charge in [0.2, 0.25) is 0 Å². The average Bonchev–Trinajstić information content (AvgIpc) is 2.09. The first kappa shape index (κ1) is 8.55. The van der Waals surface area contributed by atoms with Gasteiger partial charge in [0.15, 0.2) is 0 Å². The highest BCUT2D eigenvalue weighted by molar-refractivity contribution is 5.03. The van der Waals surface area contributed by atoms with E-state index in [-0.39, 0.29) is 11.8 Å². The number of nitrogens with zero attached hydrogens (tertiary/aromatic N) is 1. The molecule has 0 heterocycles. The highest BCUT2D eigenvalue weighted by atomic mass is 16.3. The Bertz CT molecular complexity index is 192. The minimum atomic E-state index is -0.720. The Hall–Kier alpha value is -0.550. The highest BCUT2D eigenvalue weighted by Crippen LogP contribution is 2.47. The van der Waals surface area contributed by atoms with Crippen molar-refractivity contribution in [1.29, 1.82) is 5.26 Å². The van der Waals surface area contributed by atoms with E-state index < -0.39 is 5.60 Å². The third-order valence-electron chi connectivity index (χ3n) is 3.02. The molecule has 0 saturated heterocycles. The molecule has 1 fully saturated rings. The molecule has 0 radical (unpaired) electrons. The van der Waals surface area contributed by atoms with Gasteiger partial charge in [0.05, 0.1) is 18.1 Å². The van der Waals surface area contributed by atoms with Crippen LogP contribution in [0.15, 0.2) is 0 Å². The number of aliphatic hydroxyl groups is 1. The second kappa shape index (κ2) is 2.49. The third kappa shape index (κ3) is 1.25. The SMILES string of the molecule is CC1(C)CCCC1(O)CC#N. The minimum absolute atomic E-state index is 0.0667. The molecule has 1 N–H and O–H groups in total. The van der Waals surface area contributed by atoms with Gasteiger partial charge in [-0.25, -0.2) is 0 Å². The van der Waals surface area contributed by atoms with Gasteiger partial charge in [-0.2, -0.15) is 5.26 Å². The Morgan fingerprint density at radius 1 is 1.45 bits per heavy atom. The van der Waals surface area contributed by atoms with E-state index in [2.05, 4.69) is 6.07 Å².